The molecule has 0 amide bonds. The van der Waals surface area contributed by atoms with Gasteiger partial charge in [0, 0.05) is 11.5 Å². The highest BCUT2D eigenvalue weighted by molar-refractivity contribution is 7.16. The van der Waals surface area contributed by atoms with Crippen molar-refractivity contribution in [3.05, 3.63) is 57.1 Å². The van der Waals surface area contributed by atoms with Crippen molar-refractivity contribution < 1.29 is 14.1 Å². The van der Waals surface area contributed by atoms with E-state index in [1.807, 2.05) is 25.1 Å². The Morgan fingerprint density at radius 1 is 1.35 bits per heavy atom. The molecule has 26 heavy (non-hydrogen) atoms. The van der Waals surface area contributed by atoms with Crippen molar-refractivity contribution in [1.29, 1.82) is 0 Å². The number of ether oxygens (including phenoxy) is 1. The number of para-hydroxylation sites is 1. The third-order valence-corrected chi connectivity index (χ3v) is 4.84. The normalized spacial score (nSPS) is 11.3. The number of hydrogen-bond acceptors (Lipinski definition) is 8. The highest BCUT2D eigenvalue weighted by Gasteiger charge is 2.14. The lowest BCUT2D eigenvalue weighted by atomic mass is 10.2. The summed E-state index contributed by atoms with van der Waals surface area (Å²) in [4.78, 5) is 29.0. The highest BCUT2D eigenvalue weighted by Crippen LogP contribution is 2.18. The van der Waals surface area contributed by atoms with E-state index in [0.717, 1.165) is 16.8 Å². The topological polar surface area (TPSA) is 99.6 Å². The van der Waals surface area contributed by atoms with Gasteiger partial charge in [0.25, 0.3) is 5.56 Å². The van der Waals surface area contributed by atoms with Gasteiger partial charge < -0.3 is 9.26 Å². The fourth-order valence-electron chi connectivity index (χ4n) is 2.52. The molecular formula is C17H14N4O4S. The number of carbonyl (C=O) groups excluding carboxylic acids is 1. The molecule has 9 heteroatoms. The van der Waals surface area contributed by atoms with Crippen LogP contribution in [0.2, 0.25) is 0 Å². The Labute approximate surface area is 151 Å². The lowest BCUT2D eigenvalue weighted by Crippen LogP contribution is -2.17. The average Bonchev–Trinajstić information content (AvgIpc) is 3.24. The second kappa shape index (κ2) is 6.68. The van der Waals surface area contributed by atoms with E-state index >= 15 is 0 Å². The smallest absolute Gasteiger partial charge is 0.312 e. The van der Waals surface area contributed by atoms with E-state index in [0.29, 0.717) is 21.9 Å². The van der Waals surface area contributed by atoms with E-state index in [1.54, 1.807) is 6.07 Å². The van der Waals surface area contributed by atoms with Gasteiger partial charge in [0.15, 0.2) is 5.58 Å². The van der Waals surface area contributed by atoms with Crippen LogP contribution in [0.3, 0.4) is 0 Å². The Kier molecular flexibility index (Phi) is 4.21. The first-order chi connectivity index (χ1) is 12.6. The number of benzene rings is 1. The summed E-state index contributed by atoms with van der Waals surface area (Å²) >= 11 is 1.34. The summed E-state index contributed by atoms with van der Waals surface area (Å²) in [6.45, 7) is 1.87. The van der Waals surface area contributed by atoms with Gasteiger partial charge in [0.2, 0.25) is 4.96 Å². The van der Waals surface area contributed by atoms with E-state index in [-0.39, 0.29) is 18.6 Å². The molecule has 8 nitrogen and oxygen atoms in total. The Balaban J connectivity index is 1.47. The zero-order valence-corrected chi connectivity index (χ0v) is 14.7. The molecular weight excluding hydrogens is 356 g/mol. The fourth-order valence-corrected chi connectivity index (χ4v) is 3.38. The van der Waals surface area contributed by atoms with Crippen LogP contribution >= 0.6 is 11.3 Å². The van der Waals surface area contributed by atoms with Crippen molar-refractivity contribution in [1.82, 2.24) is 19.8 Å². The van der Waals surface area contributed by atoms with Gasteiger partial charge in [-0.2, -0.15) is 9.61 Å². The number of rotatable bonds is 5. The maximum absolute atomic E-state index is 12.1. The molecule has 3 aromatic heterocycles. The van der Waals surface area contributed by atoms with Crippen molar-refractivity contribution in [3.8, 4) is 0 Å². The van der Waals surface area contributed by atoms with Crippen LogP contribution in [0.15, 0.2) is 39.6 Å². The van der Waals surface area contributed by atoms with Gasteiger partial charge in [-0.1, -0.05) is 35.5 Å². The number of carbonyl (C=O) groups is 1. The average molecular weight is 370 g/mol. The third-order valence-electron chi connectivity index (χ3n) is 3.79. The van der Waals surface area contributed by atoms with Gasteiger partial charge in [0.05, 0.1) is 12.1 Å². The van der Waals surface area contributed by atoms with Gasteiger partial charge in [-0.3, -0.25) is 9.59 Å². The molecule has 4 rings (SSSR count). The molecule has 0 fully saturated rings. The second-order valence-electron chi connectivity index (χ2n) is 5.59. The highest BCUT2D eigenvalue weighted by atomic mass is 32.1. The zero-order chi connectivity index (χ0) is 18.1. The number of aromatic nitrogens is 4. The summed E-state index contributed by atoms with van der Waals surface area (Å²) in [7, 11) is 0. The largest absolute Gasteiger partial charge is 0.459 e. The Morgan fingerprint density at radius 2 is 2.19 bits per heavy atom. The van der Waals surface area contributed by atoms with Crippen molar-refractivity contribution >= 4 is 33.2 Å². The van der Waals surface area contributed by atoms with E-state index in [2.05, 4.69) is 15.2 Å². The van der Waals surface area contributed by atoms with Gasteiger partial charge in [0.1, 0.15) is 17.3 Å². The Morgan fingerprint density at radius 3 is 3.04 bits per heavy atom. The molecule has 0 aliphatic rings. The molecule has 4 aromatic rings. The van der Waals surface area contributed by atoms with Crippen molar-refractivity contribution in [2.75, 3.05) is 0 Å². The first kappa shape index (κ1) is 16.4. The maximum Gasteiger partial charge on any atom is 0.312 e. The van der Waals surface area contributed by atoms with Crippen LogP contribution in [-0.2, 0) is 29.0 Å². The molecule has 3 heterocycles. The fraction of sp³-hybridized carbons (Fsp3) is 0.235. The monoisotopic (exact) mass is 370 g/mol. The summed E-state index contributed by atoms with van der Waals surface area (Å²) in [5.74, 6) is -0.468. The van der Waals surface area contributed by atoms with E-state index in [1.165, 1.54) is 21.9 Å². The van der Waals surface area contributed by atoms with Crippen LogP contribution in [0, 0.1) is 0 Å². The molecule has 0 saturated carbocycles. The number of esters is 1. The predicted octanol–water partition coefficient (Wildman–Crippen LogP) is 2.14. The lowest BCUT2D eigenvalue weighted by molar-refractivity contribution is -0.144. The summed E-state index contributed by atoms with van der Waals surface area (Å²) in [5, 5.41) is 9.68. The van der Waals surface area contributed by atoms with Gasteiger partial charge in [-0.25, -0.2) is 4.98 Å². The van der Waals surface area contributed by atoms with Gasteiger partial charge in [-0.05, 0) is 18.6 Å². The molecule has 0 spiro atoms. The van der Waals surface area contributed by atoms with Crippen LogP contribution in [0.4, 0.5) is 0 Å². The molecule has 1 aromatic carbocycles. The predicted molar refractivity (Wildman–Crippen MR) is 94.0 cm³/mol. The van der Waals surface area contributed by atoms with Crippen LogP contribution in [0.5, 0.6) is 0 Å². The minimum absolute atomic E-state index is 0.0151. The van der Waals surface area contributed by atoms with E-state index in [9.17, 15) is 9.59 Å². The molecule has 0 atom stereocenters. The zero-order valence-electron chi connectivity index (χ0n) is 13.8. The first-order valence-electron chi connectivity index (χ1n) is 8.01. The lowest BCUT2D eigenvalue weighted by Gasteiger charge is -2.03. The first-order valence-corrected chi connectivity index (χ1v) is 8.83. The van der Waals surface area contributed by atoms with E-state index < -0.39 is 5.97 Å². The van der Waals surface area contributed by atoms with Crippen LogP contribution < -0.4 is 5.56 Å². The molecule has 0 aliphatic heterocycles. The summed E-state index contributed by atoms with van der Waals surface area (Å²) < 4.78 is 11.7. The molecule has 0 saturated heterocycles. The quantitative estimate of drug-likeness (QED) is 0.496. The van der Waals surface area contributed by atoms with Crippen molar-refractivity contribution in [3.63, 3.8) is 0 Å². The van der Waals surface area contributed by atoms with Crippen LogP contribution in [-0.4, -0.2) is 25.7 Å². The number of fused-ring (bicyclic) bond motifs is 2. The second-order valence-corrected chi connectivity index (χ2v) is 6.63. The molecule has 0 radical (unpaired) electrons. The minimum Gasteiger partial charge on any atom is -0.459 e. The molecule has 0 N–H and O–H groups in total. The molecule has 132 valence electrons. The summed E-state index contributed by atoms with van der Waals surface area (Å²) in [5.41, 5.74) is 1.23. The number of nitrogens with zero attached hydrogens (tertiary/aromatic N) is 4. The minimum atomic E-state index is -0.468. The molecule has 0 bridgehead atoms. The summed E-state index contributed by atoms with van der Waals surface area (Å²) in [6, 6.07) is 8.62. The van der Waals surface area contributed by atoms with Gasteiger partial charge in [-0.15, -0.1) is 0 Å². The molecule has 0 aliphatic carbocycles. The number of hydrogen-bond donors (Lipinski definition) is 0. The van der Waals surface area contributed by atoms with Crippen LogP contribution in [0.25, 0.3) is 15.9 Å². The summed E-state index contributed by atoms with van der Waals surface area (Å²) in [6.07, 6.45) is 0.711. The van der Waals surface area contributed by atoms with Gasteiger partial charge >= 0.3 is 5.97 Å². The Hall–Kier alpha value is -3.07. The number of aryl methyl sites for hydroxylation is 1. The van der Waals surface area contributed by atoms with E-state index in [4.69, 9.17) is 9.26 Å². The third kappa shape index (κ3) is 3.08. The Bertz CT molecular complexity index is 1160. The maximum atomic E-state index is 12.1. The SMILES string of the molecule is CCc1nn2c(=O)cc(COC(=O)Cc3noc4ccccc34)nc2s1. The van der Waals surface area contributed by atoms with Crippen LogP contribution in [0.1, 0.15) is 23.3 Å². The van der Waals surface area contributed by atoms with Crippen molar-refractivity contribution in [2.24, 2.45) is 0 Å². The standard InChI is InChI=1S/C17H14N4O4S/c1-2-14-19-21-15(22)7-10(18-17(21)26-14)9-24-16(23)8-12-11-5-3-4-6-13(11)25-20-12/h3-7H,2,8-9H2,1H3. The van der Waals surface area contributed by atoms with Crippen molar-refractivity contribution in [2.45, 2.75) is 26.4 Å². The molecule has 0 unspecified atom stereocenters.